The maximum absolute atomic E-state index is 9.84. The van der Waals surface area contributed by atoms with Gasteiger partial charge in [0.1, 0.15) is 11.5 Å². The number of phenolic OH excluding ortho intramolecular Hbond substituents is 1. The summed E-state index contributed by atoms with van der Waals surface area (Å²) in [4.78, 5) is 0. The smallest absolute Gasteiger partial charge is 0.124 e. The Balaban J connectivity index is 1.79. The molecule has 0 saturated heterocycles. The van der Waals surface area contributed by atoms with Crippen molar-refractivity contribution in [2.24, 2.45) is 5.92 Å². The highest BCUT2D eigenvalue weighted by Gasteiger charge is 2.27. The number of aromatic hydroxyl groups is 1. The number of ether oxygens (including phenoxy) is 1. The van der Waals surface area contributed by atoms with E-state index in [4.69, 9.17) is 4.74 Å². The topological polar surface area (TPSA) is 41.5 Å². The minimum Gasteiger partial charge on any atom is -0.508 e. The molecule has 3 rings (SSSR count). The second-order valence-electron chi connectivity index (χ2n) is 5.31. The van der Waals surface area contributed by atoms with Gasteiger partial charge in [-0.15, -0.1) is 0 Å². The first-order valence-electron chi connectivity index (χ1n) is 6.97. The quantitative estimate of drug-likeness (QED) is 0.898. The van der Waals surface area contributed by atoms with E-state index < -0.39 is 0 Å². The van der Waals surface area contributed by atoms with Crippen LogP contribution in [0.3, 0.4) is 0 Å². The Hall–Kier alpha value is -2.00. The Kier molecular flexibility index (Phi) is 3.61. The molecule has 2 aromatic rings. The molecule has 0 fully saturated rings. The number of fused-ring (bicyclic) bond motifs is 1. The highest BCUT2D eigenvalue weighted by Crippen LogP contribution is 2.35. The molecule has 0 aromatic heterocycles. The lowest BCUT2D eigenvalue weighted by molar-refractivity contribution is 0.187. The number of nitrogens with one attached hydrogen (secondary N) is 1. The first kappa shape index (κ1) is 13.0. The summed E-state index contributed by atoms with van der Waals surface area (Å²) in [6.45, 7) is 3.55. The fraction of sp³-hybridized carbons (Fsp3) is 0.294. The van der Waals surface area contributed by atoms with Crippen LogP contribution in [0.5, 0.6) is 11.5 Å². The van der Waals surface area contributed by atoms with Gasteiger partial charge in [-0.3, -0.25) is 0 Å². The molecule has 2 N–H and O–H groups in total. The van der Waals surface area contributed by atoms with E-state index in [-0.39, 0.29) is 6.04 Å². The van der Waals surface area contributed by atoms with Gasteiger partial charge in [0.2, 0.25) is 0 Å². The Morgan fingerprint density at radius 1 is 1.15 bits per heavy atom. The van der Waals surface area contributed by atoms with Crippen LogP contribution in [0, 0.1) is 5.92 Å². The second kappa shape index (κ2) is 5.55. The number of hydrogen-bond acceptors (Lipinski definition) is 3. The number of phenols is 1. The lowest BCUT2D eigenvalue weighted by atomic mass is 9.92. The van der Waals surface area contributed by atoms with Crippen molar-refractivity contribution in [3.8, 4) is 11.5 Å². The van der Waals surface area contributed by atoms with Crippen LogP contribution in [0.15, 0.2) is 48.5 Å². The van der Waals surface area contributed by atoms with Gasteiger partial charge in [-0.1, -0.05) is 43.3 Å². The Morgan fingerprint density at radius 3 is 2.75 bits per heavy atom. The van der Waals surface area contributed by atoms with E-state index in [0.29, 0.717) is 18.2 Å². The first-order valence-corrected chi connectivity index (χ1v) is 6.97. The van der Waals surface area contributed by atoms with Gasteiger partial charge in [0.05, 0.1) is 6.61 Å². The Bertz CT molecular complexity index is 597. The van der Waals surface area contributed by atoms with Crippen molar-refractivity contribution in [2.45, 2.75) is 19.5 Å². The normalized spacial score (nSPS) is 21.1. The van der Waals surface area contributed by atoms with Gasteiger partial charge in [0, 0.05) is 29.6 Å². The van der Waals surface area contributed by atoms with Crippen LogP contribution in [0.25, 0.3) is 0 Å². The van der Waals surface area contributed by atoms with Crippen LogP contribution < -0.4 is 10.1 Å². The van der Waals surface area contributed by atoms with Crippen LogP contribution in [0.4, 0.5) is 0 Å². The number of para-hydroxylation sites is 2. The summed E-state index contributed by atoms with van der Waals surface area (Å²) in [5.41, 5.74) is 2.12. The Morgan fingerprint density at radius 2 is 1.90 bits per heavy atom. The number of benzene rings is 2. The third kappa shape index (κ3) is 2.49. The fourth-order valence-electron chi connectivity index (χ4n) is 2.68. The maximum atomic E-state index is 9.84. The molecule has 2 aromatic carbocycles. The molecule has 1 heterocycles. The SMILES string of the molecule is CC1COc2ccccc2C1NCc1ccccc1O. The molecule has 2 atom stereocenters. The molecule has 2 unspecified atom stereocenters. The molecule has 104 valence electrons. The molecule has 0 amide bonds. The van der Waals surface area contributed by atoms with Crippen LogP contribution in [-0.2, 0) is 6.54 Å². The van der Waals surface area contributed by atoms with Gasteiger partial charge in [-0.05, 0) is 12.1 Å². The van der Waals surface area contributed by atoms with Crippen LogP contribution in [0.1, 0.15) is 24.1 Å². The molecule has 1 aliphatic heterocycles. The number of rotatable bonds is 3. The molecule has 3 heteroatoms. The van der Waals surface area contributed by atoms with E-state index >= 15 is 0 Å². The van der Waals surface area contributed by atoms with E-state index in [1.807, 2.05) is 36.4 Å². The van der Waals surface area contributed by atoms with Gasteiger partial charge in [-0.25, -0.2) is 0 Å². The molecule has 3 nitrogen and oxygen atoms in total. The van der Waals surface area contributed by atoms with Crippen molar-refractivity contribution >= 4 is 0 Å². The summed E-state index contributed by atoms with van der Waals surface area (Å²) in [6, 6.07) is 15.8. The maximum Gasteiger partial charge on any atom is 0.124 e. The van der Waals surface area contributed by atoms with E-state index in [1.165, 1.54) is 5.56 Å². The van der Waals surface area contributed by atoms with Crippen LogP contribution in [-0.4, -0.2) is 11.7 Å². The van der Waals surface area contributed by atoms with Gasteiger partial charge in [-0.2, -0.15) is 0 Å². The van der Waals surface area contributed by atoms with E-state index in [1.54, 1.807) is 6.07 Å². The van der Waals surface area contributed by atoms with E-state index in [2.05, 4.69) is 18.3 Å². The largest absolute Gasteiger partial charge is 0.508 e. The predicted molar refractivity (Wildman–Crippen MR) is 78.8 cm³/mol. The van der Waals surface area contributed by atoms with E-state index in [9.17, 15) is 5.11 Å². The van der Waals surface area contributed by atoms with Crippen molar-refractivity contribution in [1.29, 1.82) is 0 Å². The molecule has 0 radical (unpaired) electrons. The van der Waals surface area contributed by atoms with Crippen molar-refractivity contribution in [1.82, 2.24) is 5.32 Å². The van der Waals surface area contributed by atoms with Crippen molar-refractivity contribution in [2.75, 3.05) is 6.61 Å². The highest BCUT2D eigenvalue weighted by molar-refractivity contribution is 5.38. The first-order chi connectivity index (χ1) is 9.75. The fourth-order valence-corrected chi connectivity index (χ4v) is 2.68. The lowest BCUT2D eigenvalue weighted by Gasteiger charge is -2.32. The van der Waals surface area contributed by atoms with Crippen LogP contribution in [0.2, 0.25) is 0 Å². The zero-order chi connectivity index (χ0) is 13.9. The van der Waals surface area contributed by atoms with Gasteiger partial charge in [0.25, 0.3) is 0 Å². The predicted octanol–water partition coefficient (Wildman–Crippen LogP) is 3.25. The molecule has 0 spiro atoms. The van der Waals surface area contributed by atoms with Crippen molar-refractivity contribution in [3.63, 3.8) is 0 Å². The molecule has 0 bridgehead atoms. The minimum atomic E-state index is 0.250. The number of hydrogen-bond donors (Lipinski definition) is 2. The third-order valence-corrected chi connectivity index (χ3v) is 3.83. The summed E-state index contributed by atoms with van der Waals surface area (Å²) in [5, 5.41) is 13.4. The zero-order valence-electron chi connectivity index (χ0n) is 11.5. The lowest BCUT2D eigenvalue weighted by Crippen LogP contribution is -2.33. The third-order valence-electron chi connectivity index (χ3n) is 3.83. The summed E-state index contributed by atoms with van der Waals surface area (Å²) < 4.78 is 5.75. The zero-order valence-corrected chi connectivity index (χ0v) is 11.5. The van der Waals surface area contributed by atoms with Gasteiger partial charge < -0.3 is 15.2 Å². The highest BCUT2D eigenvalue weighted by atomic mass is 16.5. The van der Waals surface area contributed by atoms with Gasteiger partial charge in [0.15, 0.2) is 0 Å². The molecule has 0 saturated carbocycles. The molecule has 20 heavy (non-hydrogen) atoms. The average molecular weight is 269 g/mol. The summed E-state index contributed by atoms with van der Waals surface area (Å²) in [5.74, 6) is 1.70. The molecule has 1 aliphatic rings. The standard InChI is InChI=1S/C17H19NO2/c1-12-11-20-16-9-5-3-7-14(16)17(12)18-10-13-6-2-4-8-15(13)19/h2-9,12,17-19H,10-11H2,1H3. The van der Waals surface area contributed by atoms with E-state index in [0.717, 1.165) is 17.9 Å². The monoisotopic (exact) mass is 269 g/mol. The summed E-state index contributed by atoms with van der Waals surface area (Å²) in [7, 11) is 0. The minimum absolute atomic E-state index is 0.250. The molecule has 0 aliphatic carbocycles. The molecular weight excluding hydrogens is 250 g/mol. The van der Waals surface area contributed by atoms with Crippen LogP contribution >= 0.6 is 0 Å². The Labute approximate surface area is 119 Å². The summed E-state index contributed by atoms with van der Waals surface area (Å²) in [6.07, 6.45) is 0. The summed E-state index contributed by atoms with van der Waals surface area (Å²) >= 11 is 0. The van der Waals surface area contributed by atoms with Crippen molar-refractivity contribution < 1.29 is 9.84 Å². The molecular formula is C17H19NO2. The average Bonchev–Trinajstić information content (AvgIpc) is 2.48. The van der Waals surface area contributed by atoms with Crippen molar-refractivity contribution in [3.05, 3.63) is 59.7 Å². The van der Waals surface area contributed by atoms with Gasteiger partial charge >= 0.3 is 0 Å². The second-order valence-corrected chi connectivity index (χ2v) is 5.31.